The first-order valence-electron chi connectivity index (χ1n) is 7.07. The van der Waals surface area contributed by atoms with Gasteiger partial charge in [0.1, 0.15) is 5.75 Å². The van der Waals surface area contributed by atoms with E-state index in [2.05, 4.69) is 0 Å². The molecule has 0 spiro atoms. The minimum Gasteiger partial charge on any atom is -0.497 e. The molecule has 1 heterocycles. The second-order valence-corrected chi connectivity index (χ2v) is 5.36. The lowest BCUT2D eigenvalue weighted by Crippen LogP contribution is -2.51. The number of fused-ring (bicyclic) bond motifs is 1. The summed E-state index contributed by atoms with van der Waals surface area (Å²) in [5.41, 5.74) is 6.98. The summed E-state index contributed by atoms with van der Waals surface area (Å²) in [6.07, 6.45) is 3.37. The normalized spacial score (nSPS) is 25.4. The van der Waals surface area contributed by atoms with Gasteiger partial charge in [-0.25, -0.2) is 0 Å². The van der Waals surface area contributed by atoms with E-state index in [1.807, 2.05) is 4.90 Å². The monoisotopic (exact) mass is 276 g/mol. The van der Waals surface area contributed by atoms with Gasteiger partial charge in [0.2, 0.25) is 0 Å². The van der Waals surface area contributed by atoms with Crippen LogP contribution in [0.25, 0.3) is 0 Å². The zero-order chi connectivity index (χ0) is 14.1. The first-order valence-corrected chi connectivity index (χ1v) is 7.07. The summed E-state index contributed by atoms with van der Waals surface area (Å²) in [5, 5.41) is 0. The molecule has 3 rings (SSSR count). The molecule has 1 saturated heterocycles. The van der Waals surface area contributed by atoms with Gasteiger partial charge in [-0.1, -0.05) is 0 Å². The van der Waals surface area contributed by atoms with Crippen molar-refractivity contribution in [2.24, 2.45) is 0 Å². The highest BCUT2D eigenvalue weighted by Gasteiger charge is 2.39. The topological polar surface area (TPSA) is 64.8 Å². The molecular formula is C15H20N2O3. The summed E-state index contributed by atoms with van der Waals surface area (Å²) in [7, 11) is 1.58. The zero-order valence-electron chi connectivity index (χ0n) is 11.7. The Kier molecular flexibility index (Phi) is 3.53. The first kappa shape index (κ1) is 13.2. The molecule has 1 aliphatic carbocycles. The summed E-state index contributed by atoms with van der Waals surface area (Å²) in [6.45, 7) is 1.24. The third-order valence-corrected chi connectivity index (χ3v) is 4.23. The van der Waals surface area contributed by atoms with Crippen molar-refractivity contribution in [3.63, 3.8) is 0 Å². The Morgan fingerprint density at radius 1 is 1.45 bits per heavy atom. The largest absolute Gasteiger partial charge is 0.497 e. The molecule has 2 N–H and O–H groups in total. The van der Waals surface area contributed by atoms with E-state index in [1.54, 1.807) is 25.3 Å². The Bertz CT molecular complexity index is 518. The maximum atomic E-state index is 12.8. The van der Waals surface area contributed by atoms with Crippen molar-refractivity contribution in [3.05, 3.63) is 23.8 Å². The number of anilines is 1. The number of morpholine rings is 1. The molecule has 0 aromatic heterocycles. The Hall–Kier alpha value is -1.75. The molecule has 1 aromatic carbocycles. The summed E-state index contributed by atoms with van der Waals surface area (Å²) in [4.78, 5) is 14.7. The van der Waals surface area contributed by atoms with Crippen LogP contribution in [0.2, 0.25) is 0 Å². The highest BCUT2D eigenvalue weighted by atomic mass is 16.5. The van der Waals surface area contributed by atoms with Crippen LogP contribution in [0.1, 0.15) is 29.6 Å². The lowest BCUT2D eigenvalue weighted by molar-refractivity contribution is -0.0445. The number of methoxy groups -OCH3 is 1. The molecule has 20 heavy (non-hydrogen) atoms. The smallest absolute Gasteiger partial charge is 0.256 e. The van der Waals surface area contributed by atoms with Crippen LogP contribution in [0, 0.1) is 0 Å². The molecule has 108 valence electrons. The van der Waals surface area contributed by atoms with Crippen molar-refractivity contribution in [1.29, 1.82) is 0 Å². The molecule has 2 aliphatic rings. The quantitative estimate of drug-likeness (QED) is 0.835. The van der Waals surface area contributed by atoms with Crippen molar-refractivity contribution in [3.8, 4) is 5.75 Å². The van der Waals surface area contributed by atoms with E-state index in [9.17, 15) is 4.79 Å². The summed E-state index contributed by atoms with van der Waals surface area (Å²) in [5.74, 6) is 0.639. The van der Waals surface area contributed by atoms with Gasteiger partial charge in [0, 0.05) is 12.2 Å². The van der Waals surface area contributed by atoms with Gasteiger partial charge in [-0.2, -0.15) is 0 Å². The number of rotatable bonds is 2. The van der Waals surface area contributed by atoms with Gasteiger partial charge < -0.3 is 20.1 Å². The van der Waals surface area contributed by atoms with Crippen LogP contribution in [0.15, 0.2) is 18.2 Å². The van der Waals surface area contributed by atoms with E-state index in [0.29, 0.717) is 30.2 Å². The van der Waals surface area contributed by atoms with E-state index in [-0.39, 0.29) is 18.1 Å². The van der Waals surface area contributed by atoms with Crippen LogP contribution in [0.3, 0.4) is 0 Å². The van der Waals surface area contributed by atoms with Crippen LogP contribution in [0.5, 0.6) is 5.75 Å². The van der Waals surface area contributed by atoms with Gasteiger partial charge in [-0.15, -0.1) is 0 Å². The van der Waals surface area contributed by atoms with E-state index >= 15 is 0 Å². The minimum absolute atomic E-state index is 0.0124. The van der Waals surface area contributed by atoms with Gasteiger partial charge in [0.15, 0.2) is 0 Å². The average molecular weight is 276 g/mol. The molecule has 2 atom stereocenters. The second-order valence-electron chi connectivity index (χ2n) is 5.36. The van der Waals surface area contributed by atoms with Gasteiger partial charge in [-0.3, -0.25) is 4.79 Å². The predicted octanol–water partition coefficient (Wildman–Crippen LogP) is 1.67. The summed E-state index contributed by atoms with van der Waals surface area (Å²) >= 11 is 0. The minimum atomic E-state index is -0.0124. The molecule has 1 saturated carbocycles. The van der Waals surface area contributed by atoms with Crippen molar-refractivity contribution in [2.75, 3.05) is 26.0 Å². The third kappa shape index (κ3) is 2.22. The fraction of sp³-hybridized carbons (Fsp3) is 0.533. The van der Waals surface area contributed by atoms with Crippen LogP contribution in [0.4, 0.5) is 5.69 Å². The van der Waals surface area contributed by atoms with Gasteiger partial charge in [0.05, 0.1) is 31.4 Å². The fourth-order valence-corrected chi connectivity index (χ4v) is 3.18. The standard InChI is InChI=1S/C15H20N2O3/c1-19-10-5-6-12(16)11(9-10)15(18)17-7-8-20-14-4-2-3-13(14)17/h5-6,9,13-14H,2-4,7-8,16H2,1H3. The molecule has 1 amide bonds. The molecular weight excluding hydrogens is 256 g/mol. The lowest BCUT2D eigenvalue weighted by atomic mass is 10.1. The molecule has 2 unspecified atom stereocenters. The highest BCUT2D eigenvalue weighted by Crippen LogP contribution is 2.32. The number of carbonyl (C=O) groups excluding carboxylic acids is 1. The number of hydrogen-bond acceptors (Lipinski definition) is 4. The Morgan fingerprint density at radius 3 is 3.10 bits per heavy atom. The van der Waals surface area contributed by atoms with Gasteiger partial charge in [-0.05, 0) is 37.5 Å². The van der Waals surface area contributed by atoms with E-state index in [0.717, 1.165) is 19.3 Å². The van der Waals surface area contributed by atoms with Gasteiger partial charge in [0.25, 0.3) is 5.91 Å². The van der Waals surface area contributed by atoms with Crippen LogP contribution in [-0.2, 0) is 4.74 Å². The number of ether oxygens (including phenoxy) is 2. The van der Waals surface area contributed by atoms with Crippen LogP contribution in [-0.4, -0.2) is 43.2 Å². The van der Waals surface area contributed by atoms with Crippen molar-refractivity contribution >= 4 is 11.6 Å². The van der Waals surface area contributed by atoms with Crippen molar-refractivity contribution in [2.45, 2.75) is 31.4 Å². The van der Waals surface area contributed by atoms with Crippen LogP contribution >= 0.6 is 0 Å². The molecule has 5 nitrogen and oxygen atoms in total. The van der Waals surface area contributed by atoms with E-state index < -0.39 is 0 Å². The van der Waals surface area contributed by atoms with Crippen LogP contribution < -0.4 is 10.5 Å². The molecule has 1 aromatic rings. The van der Waals surface area contributed by atoms with E-state index in [4.69, 9.17) is 15.2 Å². The number of nitrogens with zero attached hydrogens (tertiary/aromatic N) is 1. The number of amides is 1. The van der Waals surface area contributed by atoms with Crippen molar-refractivity contribution in [1.82, 2.24) is 4.90 Å². The van der Waals surface area contributed by atoms with E-state index in [1.165, 1.54) is 0 Å². The maximum Gasteiger partial charge on any atom is 0.256 e. The zero-order valence-corrected chi connectivity index (χ0v) is 11.7. The van der Waals surface area contributed by atoms with Gasteiger partial charge >= 0.3 is 0 Å². The number of benzene rings is 1. The summed E-state index contributed by atoms with van der Waals surface area (Å²) < 4.78 is 10.9. The fourth-order valence-electron chi connectivity index (χ4n) is 3.18. The first-order chi connectivity index (χ1) is 9.70. The number of nitrogens with two attached hydrogens (primary N) is 1. The Balaban J connectivity index is 1.88. The second kappa shape index (κ2) is 5.32. The number of hydrogen-bond donors (Lipinski definition) is 1. The number of nitrogen functional groups attached to an aromatic ring is 1. The molecule has 0 bridgehead atoms. The van der Waals surface area contributed by atoms with Crippen molar-refractivity contribution < 1.29 is 14.3 Å². The highest BCUT2D eigenvalue weighted by molar-refractivity contribution is 5.99. The summed E-state index contributed by atoms with van der Waals surface area (Å²) in [6, 6.07) is 5.40. The molecule has 1 aliphatic heterocycles. The SMILES string of the molecule is COc1ccc(N)c(C(=O)N2CCOC3CCCC32)c1. The number of carbonyl (C=O) groups is 1. The Labute approximate surface area is 118 Å². The average Bonchev–Trinajstić information content (AvgIpc) is 2.95. The Morgan fingerprint density at radius 2 is 2.30 bits per heavy atom. The third-order valence-electron chi connectivity index (χ3n) is 4.23. The maximum absolute atomic E-state index is 12.8. The molecule has 2 fully saturated rings. The lowest BCUT2D eigenvalue weighted by Gasteiger charge is -2.37. The molecule has 0 radical (unpaired) electrons. The molecule has 5 heteroatoms. The predicted molar refractivity (Wildman–Crippen MR) is 75.8 cm³/mol.